The Bertz CT molecular complexity index is 634. The van der Waals surface area contributed by atoms with Crippen molar-refractivity contribution in [2.24, 2.45) is 0 Å². The molecule has 0 atom stereocenters. The van der Waals surface area contributed by atoms with Crippen molar-refractivity contribution >= 4 is 11.4 Å². The molecule has 0 aliphatic carbocycles. The molecule has 0 aromatic heterocycles. The third-order valence-electron chi connectivity index (χ3n) is 3.11. The van der Waals surface area contributed by atoms with E-state index in [4.69, 9.17) is 4.74 Å². The minimum absolute atomic E-state index is 0.0769. The van der Waals surface area contributed by atoms with Crippen molar-refractivity contribution < 1.29 is 9.66 Å². The third kappa shape index (κ3) is 3.79. The first kappa shape index (κ1) is 15.0. The van der Waals surface area contributed by atoms with Crippen LogP contribution >= 0.6 is 0 Å². The average molecular weight is 287 g/mol. The van der Waals surface area contributed by atoms with E-state index in [1.807, 2.05) is 51.5 Å². The Morgan fingerprint density at radius 3 is 2.33 bits per heavy atom. The topological polar surface area (TPSA) is 52.4 Å². The molecule has 0 unspecified atom stereocenters. The summed E-state index contributed by atoms with van der Waals surface area (Å²) in [4.78, 5) is 10.9. The van der Waals surface area contributed by atoms with Gasteiger partial charge in [0.05, 0.1) is 32.1 Å². The Labute approximate surface area is 124 Å². The van der Waals surface area contributed by atoms with Gasteiger partial charge in [-0.3, -0.25) is 14.6 Å². The lowest BCUT2D eigenvalue weighted by Crippen LogP contribution is -2.35. The molecule has 0 spiro atoms. The van der Waals surface area contributed by atoms with E-state index in [9.17, 15) is 10.1 Å². The summed E-state index contributed by atoms with van der Waals surface area (Å²) in [5, 5.41) is 11.2. The average Bonchev–Trinajstić information content (AvgIpc) is 2.45. The molecule has 0 aliphatic rings. The van der Waals surface area contributed by atoms with Crippen LogP contribution in [0.15, 0.2) is 48.5 Å². The molecule has 0 saturated heterocycles. The van der Waals surface area contributed by atoms with Gasteiger partial charge < -0.3 is 4.74 Å². The highest BCUT2D eigenvalue weighted by molar-refractivity contribution is 5.62. The highest BCUT2D eigenvalue weighted by Crippen LogP contribution is 2.33. The molecule has 2 rings (SSSR count). The molecule has 2 aromatic carbocycles. The molecule has 110 valence electrons. The summed E-state index contributed by atoms with van der Waals surface area (Å²) in [6, 6.07) is 14.7. The maximum atomic E-state index is 11.2. The summed E-state index contributed by atoms with van der Waals surface area (Å²) in [7, 11) is 5.69. The summed E-state index contributed by atoms with van der Waals surface area (Å²) < 4.78 is 6.02. The van der Waals surface area contributed by atoms with Crippen LogP contribution in [0.3, 0.4) is 0 Å². The van der Waals surface area contributed by atoms with Gasteiger partial charge in [0.1, 0.15) is 12.4 Å². The molecule has 0 N–H and O–H groups in total. The van der Waals surface area contributed by atoms with Crippen LogP contribution in [0.25, 0.3) is 0 Å². The summed E-state index contributed by atoms with van der Waals surface area (Å²) in [6.07, 6.45) is 0. The Balaban J connectivity index is 2.22. The second-order valence-electron chi connectivity index (χ2n) is 5.69. The normalized spacial score (nSPS) is 11.2. The van der Waals surface area contributed by atoms with Crippen LogP contribution in [0.1, 0.15) is 5.56 Å². The number of nitro groups is 1. The van der Waals surface area contributed by atoms with Crippen LogP contribution in [0.5, 0.6) is 5.75 Å². The Kier molecular flexibility index (Phi) is 4.23. The fourth-order valence-electron chi connectivity index (χ4n) is 2.05. The van der Waals surface area contributed by atoms with E-state index in [1.54, 1.807) is 12.1 Å². The number of ether oxygens (including phenoxy) is 1. The van der Waals surface area contributed by atoms with E-state index in [1.165, 1.54) is 6.07 Å². The third-order valence-corrected chi connectivity index (χ3v) is 3.11. The van der Waals surface area contributed by atoms with E-state index >= 15 is 0 Å². The largest absolute Gasteiger partial charge is 0.489 e. The van der Waals surface area contributed by atoms with Crippen molar-refractivity contribution in [3.05, 3.63) is 64.2 Å². The van der Waals surface area contributed by atoms with Gasteiger partial charge in [0.2, 0.25) is 5.69 Å². The maximum absolute atomic E-state index is 11.2. The fraction of sp³-hybridized carbons (Fsp3) is 0.250. The lowest BCUT2D eigenvalue weighted by molar-refractivity contribution is -0.384. The first-order chi connectivity index (χ1) is 9.88. The van der Waals surface area contributed by atoms with Crippen LogP contribution in [0, 0.1) is 10.1 Å². The first-order valence-corrected chi connectivity index (χ1v) is 6.65. The Morgan fingerprint density at radius 1 is 1.10 bits per heavy atom. The predicted molar refractivity (Wildman–Crippen MR) is 83.4 cm³/mol. The molecule has 0 radical (unpaired) electrons. The lowest BCUT2D eigenvalue weighted by Gasteiger charge is -2.23. The van der Waals surface area contributed by atoms with Gasteiger partial charge in [-0.05, 0) is 11.6 Å². The number of quaternary nitrogens is 1. The monoisotopic (exact) mass is 287 g/mol. The van der Waals surface area contributed by atoms with Crippen LogP contribution in [-0.4, -0.2) is 26.1 Å². The zero-order valence-corrected chi connectivity index (χ0v) is 12.4. The van der Waals surface area contributed by atoms with Crippen molar-refractivity contribution in [1.82, 2.24) is 4.48 Å². The minimum Gasteiger partial charge on any atom is -0.489 e. The number of benzene rings is 2. The van der Waals surface area contributed by atoms with E-state index in [0.717, 1.165) is 5.56 Å². The smallest absolute Gasteiger partial charge is 0.333 e. The minimum atomic E-state index is -0.367. The lowest BCUT2D eigenvalue weighted by atomic mass is 10.2. The number of rotatable bonds is 5. The molecule has 0 saturated carbocycles. The Morgan fingerprint density at radius 2 is 1.76 bits per heavy atom. The van der Waals surface area contributed by atoms with E-state index in [0.29, 0.717) is 22.5 Å². The molecular formula is C16H19N2O3+. The van der Waals surface area contributed by atoms with Gasteiger partial charge in [0.25, 0.3) is 0 Å². The molecule has 0 aliphatic heterocycles. The summed E-state index contributed by atoms with van der Waals surface area (Å²) >= 11 is 0. The Hall–Kier alpha value is -2.40. The zero-order valence-electron chi connectivity index (χ0n) is 12.4. The fourth-order valence-corrected chi connectivity index (χ4v) is 2.05. The van der Waals surface area contributed by atoms with Gasteiger partial charge in [0.15, 0.2) is 0 Å². The number of nitrogens with zero attached hydrogens (tertiary/aromatic N) is 2. The van der Waals surface area contributed by atoms with Gasteiger partial charge >= 0.3 is 5.69 Å². The van der Waals surface area contributed by atoms with Gasteiger partial charge in [0, 0.05) is 6.07 Å². The second kappa shape index (κ2) is 5.93. The van der Waals surface area contributed by atoms with Crippen molar-refractivity contribution in [3.63, 3.8) is 0 Å². The second-order valence-corrected chi connectivity index (χ2v) is 5.69. The molecule has 0 amide bonds. The van der Waals surface area contributed by atoms with Crippen LogP contribution in [0.2, 0.25) is 0 Å². The van der Waals surface area contributed by atoms with Crippen LogP contribution in [0.4, 0.5) is 11.4 Å². The first-order valence-electron chi connectivity index (χ1n) is 6.65. The molecule has 5 heteroatoms. The van der Waals surface area contributed by atoms with Gasteiger partial charge in [-0.15, -0.1) is 0 Å². The quantitative estimate of drug-likeness (QED) is 0.481. The van der Waals surface area contributed by atoms with E-state index in [-0.39, 0.29) is 10.6 Å². The van der Waals surface area contributed by atoms with Crippen molar-refractivity contribution in [1.29, 1.82) is 0 Å². The molecular weight excluding hydrogens is 268 g/mol. The molecule has 2 aromatic rings. The van der Waals surface area contributed by atoms with Crippen molar-refractivity contribution in [2.45, 2.75) is 6.61 Å². The van der Waals surface area contributed by atoms with E-state index in [2.05, 4.69) is 0 Å². The number of hydrogen-bond acceptors (Lipinski definition) is 3. The highest BCUT2D eigenvalue weighted by atomic mass is 16.6. The molecule has 21 heavy (non-hydrogen) atoms. The van der Waals surface area contributed by atoms with Crippen LogP contribution < -0.4 is 9.22 Å². The van der Waals surface area contributed by atoms with Gasteiger partial charge in [-0.1, -0.05) is 30.3 Å². The standard InChI is InChI=1S/C16H19N2O3/c1-18(2,3)16-10-9-14(11-15(16)17(19)20)21-12-13-7-5-4-6-8-13/h4-11H,12H2,1-3H3/q+1. The van der Waals surface area contributed by atoms with Gasteiger partial charge in [-0.25, -0.2) is 0 Å². The molecule has 0 heterocycles. The zero-order chi connectivity index (χ0) is 15.5. The number of nitro benzene ring substituents is 1. The summed E-state index contributed by atoms with van der Waals surface area (Å²) in [5.74, 6) is 0.503. The molecule has 0 fully saturated rings. The SMILES string of the molecule is C[N+](C)(C)c1ccc(OCc2ccccc2)cc1[N+](=O)[O-]. The maximum Gasteiger partial charge on any atom is 0.333 e. The summed E-state index contributed by atoms with van der Waals surface area (Å²) in [5.41, 5.74) is 1.75. The van der Waals surface area contributed by atoms with Crippen molar-refractivity contribution in [3.8, 4) is 5.75 Å². The summed E-state index contributed by atoms with van der Waals surface area (Å²) in [6.45, 7) is 0.391. The van der Waals surface area contributed by atoms with Crippen molar-refractivity contribution in [2.75, 3.05) is 21.1 Å². The van der Waals surface area contributed by atoms with Crippen LogP contribution in [-0.2, 0) is 6.61 Å². The highest BCUT2D eigenvalue weighted by Gasteiger charge is 2.26. The number of hydrogen-bond donors (Lipinski definition) is 0. The molecule has 5 nitrogen and oxygen atoms in total. The predicted octanol–water partition coefficient (Wildman–Crippen LogP) is 3.37. The molecule has 0 bridgehead atoms. The van der Waals surface area contributed by atoms with E-state index < -0.39 is 0 Å². The van der Waals surface area contributed by atoms with Gasteiger partial charge in [-0.2, -0.15) is 0 Å².